The molecular formula is C14H16F3NO2. The van der Waals surface area contributed by atoms with Crippen LogP contribution in [-0.2, 0) is 0 Å². The van der Waals surface area contributed by atoms with Gasteiger partial charge >= 0.3 is 6.18 Å². The Morgan fingerprint density at radius 3 is 2.65 bits per heavy atom. The summed E-state index contributed by atoms with van der Waals surface area (Å²) in [5.41, 5.74) is 0.372. The van der Waals surface area contributed by atoms with E-state index in [-0.39, 0.29) is 18.4 Å². The highest BCUT2D eigenvalue weighted by atomic mass is 19.4. The van der Waals surface area contributed by atoms with Crippen LogP contribution >= 0.6 is 0 Å². The zero-order valence-electron chi connectivity index (χ0n) is 11.1. The van der Waals surface area contributed by atoms with Crippen molar-refractivity contribution in [1.29, 1.82) is 0 Å². The molecule has 0 saturated heterocycles. The zero-order chi connectivity index (χ0) is 14.8. The first-order valence-corrected chi connectivity index (χ1v) is 6.37. The fraction of sp³-hybridized carbons (Fsp3) is 0.500. The van der Waals surface area contributed by atoms with E-state index in [1.807, 2.05) is 0 Å². The first-order valence-electron chi connectivity index (χ1n) is 6.37. The van der Waals surface area contributed by atoms with E-state index >= 15 is 0 Å². The molecule has 2 rings (SSSR count). The van der Waals surface area contributed by atoms with Crippen LogP contribution in [0.3, 0.4) is 0 Å². The molecule has 6 heteroatoms. The number of alkyl halides is 3. The highest BCUT2D eigenvalue weighted by molar-refractivity contribution is 5.98. The van der Waals surface area contributed by atoms with Gasteiger partial charge in [-0.3, -0.25) is 9.69 Å². The maximum absolute atomic E-state index is 12.5. The van der Waals surface area contributed by atoms with E-state index in [2.05, 4.69) is 0 Å². The molecule has 1 aromatic rings. The number of hydrogen-bond donors (Lipinski definition) is 0. The van der Waals surface area contributed by atoms with E-state index in [9.17, 15) is 18.0 Å². The van der Waals surface area contributed by atoms with Crippen LogP contribution in [0.2, 0.25) is 0 Å². The maximum atomic E-state index is 12.5. The van der Waals surface area contributed by atoms with Gasteiger partial charge in [0, 0.05) is 11.6 Å². The van der Waals surface area contributed by atoms with E-state index < -0.39 is 12.7 Å². The Labute approximate surface area is 115 Å². The molecule has 0 N–H and O–H groups in total. The van der Waals surface area contributed by atoms with Crippen molar-refractivity contribution in [3.05, 3.63) is 29.8 Å². The van der Waals surface area contributed by atoms with Crippen molar-refractivity contribution in [3.8, 4) is 5.75 Å². The third kappa shape index (κ3) is 4.23. The maximum Gasteiger partial charge on any atom is 0.401 e. The van der Waals surface area contributed by atoms with Gasteiger partial charge in [0.2, 0.25) is 0 Å². The number of carbonyl (C=O) groups is 1. The SMILES string of the molecule is COc1cccc(C(=O)CN(CC(F)(F)F)C2CC2)c1. The topological polar surface area (TPSA) is 29.5 Å². The van der Waals surface area contributed by atoms with Crippen molar-refractivity contribution in [1.82, 2.24) is 4.90 Å². The summed E-state index contributed by atoms with van der Waals surface area (Å²) < 4.78 is 42.5. The molecule has 0 amide bonds. The van der Waals surface area contributed by atoms with Gasteiger partial charge in [-0.05, 0) is 25.0 Å². The largest absolute Gasteiger partial charge is 0.497 e. The number of benzene rings is 1. The van der Waals surface area contributed by atoms with Crippen LogP contribution in [0.5, 0.6) is 5.75 Å². The van der Waals surface area contributed by atoms with Crippen molar-refractivity contribution < 1.29 is 22.7 Å². The number of nitrogens with zero attached hydrogens (tertiary/aromatic N) is 1. The fourth-order valence-electron chi connectivity index (χ4n) is 2.06. The summed E-state index contributed by atoms with van der Waals surface area (Å²) >= 11 is 0. The Balaban J connectivity index is 2.04. The number of rotatable bonds is 6. The Kier molecular flexibility index (Phi) is 4.32. The average Bonchev–Trinajstić information content (AvgIpc) is 3.20. The third-order valence-corrected chi connectivity index (χ3v) is 3.18. The number of hydrogen-bond acceptors (Lipinski definition) is 3. The molecule has 0 aromatic heterocycles. The molecule has 0 spiro atoms. The van der Waals surface area contributed by atoms with E-state index in [0.717, 1.165) is 12.8 Å². The highest BCUT2D eigenvalue weighted by Crippen LogP contribution is 2.30. The Morgan fingerprint density at radius 2 is 2.10 bits per heavy atom. The Hall–Kier alpha value is -1.56. The van der Waals surface area contributed by atoms with E-state index in [1.54, 1.807) is 24.3 Å². The Bertz CT molecular complexity index is 484. The normalized spacial score (nSPS) is 15.4. The van der Waals surface area contributed by atoms with E-state index in [0.29, 0.717) is 11.3 Å². The molecule has 0 unspecified atom stereocenters. The third-order valence-electron chi connectivity index (χ3n) is 3.18. The minimum Gasteiger partial charge on any atom is -0.497 e. The summed E-state index contributed by atoms with van der Waals surface area (Å²) in [5.74, 6) is 0.199. The first-order chi connectivity index (χ1) is 9.39. The molecular weight excluding hydrogens is 271 g/mol. The summed E-state index contributed by atoms with van der Waals surface area (Å²) in [6.07, 6.45) is -2.83. The lowest BCUT2D eigenvalue weighted by Gasteiger charge is -2.22. The molecule has 0 aliphatic heterocycles. The summed E-state index contributed by atoms with van der Waals surface area (Å²) in [6.45, 7) is -1.25. The minimum absolute atomic E-state index is 0.119. The fourth-order valence-corrected chi connectivity index (χ4v) is 2.06. The number of carbonyl (C=O) groups excluding carboxylic acids is 1. The van der Waals surface area contributed by atoms with Gasteiger partial charge in [-0.15, -0.1) is 0 Å². The molecule has 1 aliphatic carbocycles. The molecule has 1 saturated carbocycles. The first kappa shape index (κ1) is 14.8. The number of ether oxygens (including phenoxy) is 1. The zero-order valence-corrected chi connectivity index (χ0v) is 11.1. The molecule has 110 valence electrons. The molecule has 20 heavy (non-hydrogen) atoms. The van der Waals surface area contributed by atoms with Crippen molar-refractivity contribution in [3.63, 3.8) is 0 Å². The molecule has 0 radical (unpaired) electrons. The second-order valence-corrected chi connectivity index (χ2v) is 4.91. The van der Waals surface area contributed by atoms with Crippen LogP contribution in [0.4, 0.5) is 13.2 Å². The smallest absolute Gasteiger partial charge is 0.401 e. The summed E-state index contributed by atoms with van der Waals surface area (Å²) in [4.78, 5) is 13.3. The van der Waals surface area contributed by atoms with Crippen molar-refractivity contribution in [2.75, 3.05) is 20.2 Å². The van der Waals surface area contributed by atoms with Gasteiger partial charge in [0.25, 0.3) is 0 Å². The monoisotopic (exact) mass is 287 g/mol. The lowest BCUT2D eigenvalue weighted by atomic mass is 10.1. The van der Waals surface area contributed by atoms with Crippen molar-refractivity contribution in [2.24, 2.45) is 0 Å². The van der Waals surface area contributed by atoms with Gasteiger partial charge in [0.05, 0.1) is 20.2 Å². The van der Waals surface area contributed by atoms with Gasteiger partial charge in [-0.25, -0.2) is 0 Å². The van der Waals surface area contributed by atoms with Crippen LogP contribution in [0, 0.1) is 0 Å². The van der Waals surface area contributed by atoms with Crippen LogP contribution in [0.25, 0.3) is 0 Å². The van der Waals surface area contributed by atoms with Crippen LogP contribution in [0.1, 0.15) is 23.2 Å². The quantitative estimate of drug-likeness (QED) is 0.753. The summed E-state index contributed by atoms with van der Waals surface area (Å²) in [7, 11) is 1.48. The Morgan fingerprint density at radius 1 is 1.40 bits per heavy atom. The van der Waals surface area contributed by atoms with E-state index in [4.69, 9.17) is 4.74 Å². The van der Waals surface area contributed by atoms with Gasteiger partial charge < -0.3 is 4.74 Å². The number of methoxy groups -OCH3 is 1. The number of Topliss-reactive ketones (excluding diaryl/α,β-unsaturated/α-hetero) is 1. The molecule has 3 nitrogen and oxygen atoms in total. The van der Waals surface area contributed by atoms with Crippen LogP contribution < -0.4 is 4.74 Å². The molecule has 0 atom stereocenters. The predicted molar refractivity (Wildman–Crippen MR) is 68.0 cm³/mol. The predicted octanol–water partition coefficient (Wildman–Crippen LogP) is 2.90. The van der Waals surface area contributed by atoms with Crippen LogP contribution in [0.15, 0.2) is 24.3 Å². The van der Waals surface area contributed by atoms with Gasteiger partial charge in [-0.1, -0.05) is 12.1 Å². The highest BCUT2D eigenvalue weighted by Gasteiger charge is 2.38. The van der Waals surface area contributed by atoms with Gasteiger partial charge in [0.1, 0.15) is 5.75 Å². The van der Waals surface area contributed by atoms with Gasteiger partial charge in [0.15, 0.2) is 5.78 Å². The summed E-state index contributed by atoms with van der Waals surface area (Å²) in [5, 5.41) is 0. The molecule has 1 aromatic carbocycles. The standard InChI is InChI=1S/C14H16F3NO2/c1-20-12-4-2-3-10(7-12)13(19)8-18(11-5-6-11)9-14(15,16)17/h2-4,7,11H,5-6,8-9H2,1H3. The molecule has 1 aliphatic rings. The number of ketones is 1. The van der Waals surface area contributed by atoms with Gasteiger partial charge in [-0.2, -0.15) is 13.2 Å². The van der Waals surface area contributed by atoms with E-state index in [1.165, 1.54) is 12.0 Å². The molecule has 0 heterocycles. The second kappa shape index (κ2) is 5.83. The van der Waals surface area contributed by atoms with Crippen molar-refractivity contribution >= 4 is 5.78 Å². The lowest BCUT2D eigenvalue weighted by Crippen LogP contribution is -2.39. The number of halogens is 3. The second-order valence-electron chi connectivity index (χ2n) is 4.91. The van der Waals surface area contributed by atoms with Crippen LogP contribution in [-0.4, -0.2) is 43.1 Å². The summed E-state index contributed by atoms with van der Waals surface area (Å²) in [6, 6.07) is 6.35. The minimum atomic E-state index is -4.28. The molecule has 0 bridgehead atoms. The van der Waals surface area contributed by atoms with Crippen molar-refractivity contribution in [2.45, 2.75) is 25.1 Å². The molecule has 1 fully saturated rings. The average molecular weight is 287 g/mol. The lowest BCUT2D eigenvalue weighted by molar-refractivity contribution is -0.145.